The summed E-state index contributed by atoms with van der Waals surface area (Å²) in [7, 11) is 0. The Morgan fingerprint density at radius 2 is 1.95 bits per heavy atom. The zero-order valence-electron chi connectivity index (χ0n) is 11.3. The number of hydrogen-bond acceptors (Lipinski definition) is 4. The maximum absolute atomic E-state index is 13.8. The van der Waals surface area contributed by atoms with Gasteiger partial charge in [0.2, 0.25) is 0 Å². The lowest BCUT2D eigenvalue weighted by atomic mass is 10.2. The van der Waals surface area contributed by atoms with Crippen molar-refractivity contribution in [1.82, 2.24) is 9.97 Å². The first kappa shape index (κ1) is 13.5. The van der Waals surface area contributed by atoms with Crippen molar-refractivity contribution in [2.75, 3.05) is 18.0 Å². The molecule has 1 saturated heterocycles. The monoisotopic (exact) mass is 287 g/mol. The third-order valence-electron chi connectivity index (χ3n) is 3.52. The molecular formula is C15H14FN3O2. The molecule has 1 N–H and O–H groups in total. The third-order valence-corrected chi connectivity index (χ3v) is 3.52. The minimum Gasteiger partial charge on any atom is -0.477 e. The van der Waals surface area contributed by atoms with Crippen molar-refractivity contribution in [2.45, 2.75) is 12.8 Å². The van der Waals surface area contributed by atoms with Gasteiger partial charge >= 0.3 is 5.97 Å². The van der Waals surface area contributed by atoms with E-state index in [9.17, 15) is 14.3 Å². The number of anilines is 1. The molecule has 2 aromatic rings. The highest BCUT2D eigenvalue weighted by atomic mass is 19.1. The molecule has 6 heteroatoms. The van der Waals surface area contributed by atoms with Gasteiger partial charge in [0.25, 0.3) is 0 Å². The summed E-state index contributed by atoms with van der Waals surface area (Å²) in [4.78, 5) is 21.5. The molecule has 108 valence electrons. The fourth-order valence-electron chi connectivity index (χ4n) is 2.47. The highest BCUT2D eigenvalue weighted by Gasteiger charge is 2.22. The van der Waals surface area contributed by atoms with Crippen molar-refractivity contribution < 1.29 is 14.3 Å². The van der Waals surface area contributed by atoms with Crippen molar-refractivity contribution in [2.24, 2.45) is 0 Å². The molecule has 21 heavy (non-hydrogen) atoms. The lowest BCUT2D eigenvalue weighted by molar-refractivity contribution is 0.0696. The molecule has 0 aliphatic carbocycles. The number of carboxylic acid groups (broad SMARTS) is 1. The van der Waals surface area contributed by atoms with E-state index in [-0.39, 0.29) is 17.0 Å². The van der Waals surface area contributed by atoms with Gasteiger partial charge in [0, 0.05) is 19.3 Å². The average molecular weight is 287 g/mol. The molecule has 0 unspecified atom stereocenters. The number of halogens is 1. The van der Waals surface area contributed by atoms with Crippen molar-refractivity contribution in [3.63, 3.8) is 0 Å². The largest absolute Gasteiger partial charge is 0.477 e. The molecule has 0 amide bonds. The van der Waals surface area contributed by atoms with Gasteiger partial charge in [-0.1, -0.05) is 12.1 Å². The van der Waals surface area contributed by atoms with Crippen LogP contribution in [0.25, 0.3) is 11.4 Å². The van der Waals surface area contributed by atoms with Crippen LogP contribution in [0.15, 0.2) is 30.5 Å². The Labute approximate surface area is 121 Å². The first-order chi connectivity index (χ1) is 10.2. The molecule has 0 bridgehead atoms. The quantitative estimate of drug-likeness (QED) is 0.939. The molecule has 1 aliphatic rings. The van der Waals surface area contributed by atoms with E-state index >= 15 is 0 Å². The molecule has 0 saturated carbocycles. The van der Waals surface area contributed by atoms with Gasteiger partial charge in [-0.25, -0.2) is 19.2 Å². The molecule has 1 fully saturated rings. The van der Waals surface area contributed by atoms with Gasteiger partial charge in [0.1, 0.15) is 17.2 Å². The number of nitrogens with zero attached hydrogens (tertiary/aromatic N) is 3. The lowest BCUT2D eigenvalue weighted by Gasteiger charge is -2.19. The molecule has 2 heterocycles. The number of aromatic carboxylic acids is 1. The predicted octanol–water partition coefficient (Wildman–Crippen LogP) is 2.58. The number of carbonyl (C=O) groups is 1. The van der Waals surface area contributed by atoms with Crippen LogP contribution in [-0.4, -0.2) is 34.1 Å². The summed E-state index contributed by atoms with van der Waals surface area (Å²) in [5.41, 5.74) is 0.326. The van der Waals surface area contributed by atoms with Crippen molar-refractivity contribution in [3.8, 4) is 11.4 Å². The maximum Gasteiger partial charge on any atom is 0.341 e. The van der Waals surface area contributed by atoms with Gasteiger partial charge in [0.05, 0.1) is 5.56 Å². The Kier molecular flexibility index (Phi) is 3.51. The second kappa shape index (κ2) is 5.47. The van der Waals surface area contributed by atoms with Gasteiger partial charge in [-0.05, 0) is 25.0 Å². The Balaban J connectivity index is 2.10. The standard InChI is InChI=1S/C15H14FN3O2/c16-12-6-2-1-5-10(12)13-17-9-11(15(20)21)14(18-13)19-7-3-4-8-19/h1-2,5-6,9H,3-4,7-8H2,(H,20,21). The SMILES string of the molecule is O=C(O)c1cnc(-c2ccccc2F)nc1N1CCCC1. The number of benzene rings is 1. The molecule has 0 atom stereocenters. The summed E-state index contributed by atoms with van der Waals surface area (Å²) in [6.45, 7) is 1.52. The number of carboxylic acids is 1. The summed E-state index contributed by atoms with van der Waals surface area (Å²) >= 11 is 0. The third kappa shape index (κ3) is 2.56. The van der Waals surface area contributed by atoms with Gasteiger partial charge in [-0.3, -0.25) is 0 Å². The second-order valence-corrected chi connectivity index (χ2v) is 4.91. The van der Waals surface area contributed by atoms with E-state index < -0.39 is 11.8 Å². The highest BCUT2D eigenvalue weighted by molar-refractivity contribution is 5.93. The fourth-order valence-corrected chi connectivity index (χ4v) is 2.47. The summed E-state index contributed by atoms with van der Waals surface area (Å²) in [5.74, 6) is -0.918. The van der Waals surface area contributed by atoms with Crippen molar-refractivity contribution >= 4 is 11.8 Å². The average Bonchev–Trinajstić information content (AvgIpc) is 3.01. The van der Waals surface area contributed by atoms with Crippen LogP contribution in [-0.2, 0) is 0 Å². The van der Waals surface area contributed by atoms with E-state index in [4.69, 9.17) is 0 Å². The first-order valence-corrected chi connectivity index (χ1v) is 6.77. The molecule has 0 spiro atoms. The topological polar surface area (TPSA) is 66.3 Å². The van der Waals surface area contributed by atoms with Crippen LogP contribution in [0.5, 0.6) is 0 Å². The van der Waals surface area contributed by atoms with Crippen molar-refractivity contribution in [3.05, 3.63) is 41.8 Å². The van der Waals surface area contributed by atoms with Gasteiger partial charge in [-0.15, -0.1) is 0 Å². The zero-order valence-corrected chi connectivity index (χ0v) is 11.3. The maximum atomic E-state index is 13.8. The van der Waals surface area contributed by atoms with E-state index in [0.717, 1.165) is 25.9 Å². The van der Waals surface area contributed by atoms with Crippen LogP contribution in [0.1, 0.15) is 23.2 Å². The summed E-state index contributed by atoms with van der Waals surface area (Å²) in [6, 6.07) is 6.20. The van der Waals surface area contributed by atoms with Crippen LogP contribution >= 0.6 is 0 Å². The minimum absolute atomic E-state index is 0.0528. The highest BCUT2D eigenvalue weighted by Crippen LogP contribution is 2.26. The molecular weight excluding hydrogens is 273 g/mol. The van der Waals surface area contributed by atoms with E-state index in [1.165, 1.54) is 12.3 Å². The van der Waals surface area contributed by atoms with Crippen molar-refractivity contribution in [1.29, 1.82) is 0 Å². The van der Waals surface area contributed by atoms with Crippen LogP contribution in [0.4, 0.5) is 10.2 Å². The first-order valence-electron chi connectivity index (χ1n) is 6.77. The normalized spacial score (nSPS) is 14.4. The van der Waals surface area contributed by atoms with E-state index in [1.807, 2.05) is 4.90 Å². The summed E-state index contributed by atoms with van der Waals surface area (Å²) in [6.07, 6.45) is 3.25. The van der Waals surface area contributed by atoms with Gasteiger partial charge in [0.15, 0.2) is 5.82 Å². The second-order valence-electron chi connectivity index (χ2n) is 4.91. The molecule has 1 aliphatic heterocycles. The molecule has 5 nitrogen and oxygen atoms in total. The zero-order chi connectivity index (χ0) is 14.8. The van der Waals surface area contributed by atoms with Gasteiger partial charge < -0.3 is 10.0 Å². The number of rotatable bonds is 3. The Morgan fingerprint density at radius 1 is 1.24 bits per heavy atom. The summed E-state index contributed by atoms with van der Waals surface area (Å²) in [5, 5.41) is 9.26. The molecule has 3 rings (SSSR count). The Bertz CT molecular complexity index is 684. The lowest BCUT2D eigenvalue weighted by Crippen LogP contribution is -2.22. The smallest absolute Gasteiger partial charge is 0.341 e. The van der Waals surface area contributed by atoms with Crippen LogP contribution in [0, 0.1) is 5.82 Å². The Hall–Kier alpha value is -2.50. The van der Waals surface area contributed by atoms with Crippen LogP contribution in [0.2, 0.25) is 0 Å². The van der Waals surface area contributed by atoms with E-state index in [1.54, 1.807) is 18.2 Å². The predicted molar refractivity (Wildman–Crippen MR) is 75.8 cm³/mol. The number of aromatic nitrogens is 2. The Morgan fingerprint density at radius 3 is 2.62 bits per heavy atom. The molecule has 1 aromatic carbocycles. The molecule has 1 aromatic heterocycles. The number of hydrogen-bond donors (Lipinski definition) is 1. The van der Waals surface area contributed by atoms with Gasteiger partial charge in [-0.2, -0.15) is 0 Å². The van der Waals surface area contributed by atoms with E-state index in [2.05, 4.69) is 9.97 Å². The summed E-state index contributed by atoms with van der Waals surface area (Å²) < 4.78 is 13.8. The minimum atomic E-state index is -1.07. The fraction of sp³-hybridized carbons (Fsp3) is 0.267. The van der Waals surface area contributed by atoms with E-state index in [0.29, 0.717) is 5.82 Å². The molecule has 0 radical (unpaired) electrons. The van der Waals surface area contributed by atoms with Crippen LogP contribution in [0.3, 0.4) is 0 Å². The van der Waals surface area contributed by atoms with Crippen LogP contribution < -0.4 is 4.90 Å².